The third-order valence-corrected chi connectivity index (χ3v) is 8.32. The minimum absolute atomic E-state index is 0.0169. The molecule has 1 aromatic heterocycles. The zero-order valence-electron chi connectivity index (χ0n) is 23.6. The molecule has 8 heteroatoms. The molecule has 1 fully saturated rings. The number of benzene rings is 3. The number of aromatic amines is 1. The van der Waals surface area contributed by atoms with Crippen molar-refractivity contribution >= 4 is 28.4 Å². The summed E-state index contributed by atoms with van der Waals surface area (Å²) in [5, 5.41) is 3.45. The van der Waals surface area contributed by atoms with E-state index in [9.17, 15) is 14.4 Å². The fraction of sp³-hybridized carbons (Fsp3) is 0.333. The zero-order chi connectivity index (χ0) is 28.9. The zero-order valence-corrected chi connectivity index (χ0v) is 23.6. The quantitative estimate of drug-likeness (QED) is 0.223. The van der Waals surface area contributed by atoms with Crippen LogP contribution in [0.1, 0.15) is 70.5 Å². The Morgan fingerprint density at radius 1 is 0.902 bits per heavy atom. The van der Waals surface area contributed by atoms with Gasteiger partial charge in [-0.2, -0.15) is 0 Å². The molecule has 2 N–H and O–H groups in total. The second-order valence-corrected chi connectivity index (χ2v) is 11.0. The van der Waals surface area contributed by atoms with Crippen molar-refractivity contribution in [3.8, 4) is 11.5 Å². The van der Waals surface area contributed by atoms with E-state index in [1.807, 2.05) is 70.2 Å². The van der Waals surface area contributed by atoms with Gasteiger partial charge in [0.15, 0.2) is 34.4 Å². The molecule has 0 saturated carbocycles. The molecule has 0 amide bonds. The van der Waals surface area contributed by atoms with Gasteiger partial charge in [0.2, 0.25) is 5.78 Å². The smallest absolute Gasteiger partial charge is 0.204 e. The average Bonchev–Trinajstić information content (AvgIpc) is 3.63. The second kappa shape index (κ2) is 10.3. The maximum atomic E-state index is 14.7. The number of Topliss-reactive ketones (excluding diaryl/α,β-unsaturated/α-hetero) is 3. The number of carbonyl (C=O) groups is 3. The summed E-state index contributed by atoms with van der Waals surface area (Å²) >= 11 is 0. The fourth-order valence-electron chi connectivity index (χ4n) is 6.57. The van der Waals surface area contributed by atoms with Gasteiger partial charge >= 0.3 is 0 Å². The number of ether oxygens (including phenoxy) is 2. The van der Waals surface area contributed by atoms with Crippen molar-refractivity contribution in [2.45, 2.75) is 45.2 Å². The van der Waals surface area contributed by atoms with Crippen LogP contribution >= 0.6 is 0 Å². The summed E-state index contributed by atoms with van der Waals surface area (Å²) < 4.78 is 11.7. The van der Waals surface area contributed by atoms with E-state index in [0.717, 1.165) is 5.56 Å². The third-order valence-electron chi connectivity index (χ3n) is 8.32. The minimum Gasteiger partial charge on any atom is -0.490 e. The Bertz CT molecular complexity index is 1600. The van der Waals surface area contributed by atoms with E-state index in [1.54, 1.807) is 24.3 Å². The molecule has 1 saturated heterocycles. The van der Waals surface area contributed by atoms with E-state index >= 15 is 0 Å². The number of imidazole rings is 1. The monoisotopic (exact) mass is 551 g/mol. The van der Waals surface area contributed by atoms with Gasteiger partial charge in [0.05, 0.1) is 30.2 Å². The fourth-order valence-corrected chi connectivity index (χ4v) is 6.57. The van der Waals surface area contributed by atoms with Crippen LogP contribution in [0.25, 0.3) is 11.0 Å². The van der Waals surface area contributed by atoms with Crippen LogP contribution in [0.15, 0.2) is 66.7 Å². The lowest BCUT2D eigenvalue weighted by molar-refractivity contribution is 0.0652. The summed E-state index contributed by atoms with van der Waals surface area (Å²) in [7, 11) is 0. The van der Waals surface area contributed by atoms with E-state index in [0.29, 0.717) is 46.9 Å². The number of para-hydroxylation sites is 2. The van der Waals surface area contributed by atoms with Crippen molar-refractivity contribution in [3.63, 3.8) is 0 Å². The molecule has 8 nitrogen and oxygen atoms in total. The molecular formula is C33H33N3O5. The van der Waals surface area contributed by atoms with Crippen LogP contribution in [0.5, 0.6) is 11.5 Å². The molecule has 210 valence electrons. The maximum absolute atomic E-state index is 14.7. The Labute approximate surface area is 238 Å². The number of rotatable bonds is 8. The highest BCUT2D eigenvalue weighted by Gasteiger charge is 2.68. The first-order valence-electron chi connectivity index (χ1n) is 14.2. The third kappa shape index (κ3) is 4.08. The summed E-state index contributed by atoms with van der Waals surface area (Å²) in [4.78, 5) is 51.0. The molecule has 0 radical (unpaired) electrons. The van der Waals surface area contributed by atoms with Gasteiger partial charge in [-0.05, 0) is 49.6 Å². The number of hydrogen-bond acceptors (Lipinski definition) is 7. The number of hydrogen-bond donors (Lipinski definition) is 2. The highest BCUT2D eigenvalue weighted by Crippen LogP contribution is 2.52. The van der Waals surface area contributed by atoms with Gasteiger partial charge in [-0.25, -0.2) is 4.98 Å². The van der Waals surface area contributed by atoms with Crippen molar-refractivity contribution in [3.05, 3.63) is 89.2 Å². The Morgan fingerprint density at radius 2 is 1.54 bits per heavy atom. The van der Waals surface area contributed by atoms with Crippen LogP contribution in [-0.2, 0) is 0 Å². The average molecular weight is 552 g/mol. The topological polar surface area (TPSA) is 110 Å². The van der Waals surface area contributed by atoms with Gasteiger partial charge < -0.3 is 14.5 Å². The van der Waals surface area contributed by atoms with E-state index in [2.05, 4.69) is 15.3 Å². The Balaban J connectivity index is 1.57. The first-order valence-corrected chi connectivity index (χ1v) is 14.2. The van der Waals surface area contributed by atoms with Crippen LogP contribution in [0.2, 0.25) is 0 Å². The molecule has 1 spiro atoms. The maximum Gasteiger partial charge on any atom is 0.204 e. The summed E-state index contributed by atoms with van der Waals surface area (Å²) in [6, 6.07) is 19.4. The number of nitrogens with zero attached hydrogens (tertiary/aromatic N) is 1. The first kappa shape index (κ1) is 26.9. The van der Waals surface area contributed by atoms with Gasteiger partial charge in [0, 0.05) is 23.1 Å². The SMILES string of the molecule is CCOc1ccc(C2C(C(C)C)NC3(C(=O)c4ccccc4C3=O)C2C(=O)c2nc3ccccc3[nH]2)cc1OCC. The number of aromatic nitrogens is 2. The lowest BCUT2D eigenvalue weighted by atomic mass is 9.70. The standard InChI is InChI=1S/C33H33N3O5/c1-5-40-24-16-15-19(17-25(24)41-6-2)26-27(29(37)32-34-22-13-9-10-14-23(22)35-32)33(36-28(26)18(3)4)30(38)20-11-7-8-12-21(20)31(33)39/h7-18,26-28,36H,5-6H2,1-4H3,(H,34,35). The van der Waals surface area contributed by atoms with Crippen molar-refractivity contribution in [1.29, 1.82) is 0 Å². The molecule has 1 aliphatic heterocycles. The molecule has 41 heavy (non-hydrogen) atoms. The van der Waals surface area contributed by atoms with E-state index in [-0.39, 0.29) is 35.1 Å². The Morgan fingerprint density at radius 3 is 2.17 bits per heavy atom. The van der Waals surface area contributed by atoms with Gasteiger partial charge in [0.25, 0.3) is 0 Å². The molecule has 3 aromatic carbocycles. The second-order valence-electron chi connectivity index (χ2n) is 11.0. The largest absolute Gasteiger partial charge is 0.490 e. The molecule has 6 rings (SSSR count). The number of ketones is 3. The van der Waals surface area contributed by atoms with E-state index < -0.39 is 17.4 Å². The summed E-state index contributed by atoms with van der Waals surface area (Å²) in [5.41, 5.74) is 1.03. The lowest BCUT2D eigenvalue weighted by Crippen LogP contribution is -2.58. The molecule has 0 bridgehead atoms. The molecule has 3 unspecified atom stereocenters. The molecule has 2 heterocycles. The number of H-pyrrole nitrogens is 1. The van der Waals surface area contributed by atoms with Gasteiger partial charge in [0.1, 0.15) is 0 Å². The first-order chi connectivity index (χ1) is 19.8. The number of carbonyl (C=O) groups excluding carboxylic acids is 3. The Hall–Kier alpha value is -4.30. The highest BCUT2D eigenvalue weighted by atomic mass is 16.5. The Kier molecular flexibility index (Phi) is 6.74. The van der Waals surface area contributed by atoms with Crippen molar-refractivity contribution in [1.82, 2.24) is 15.3 Å². The normalized spacial score (nSPS) is 21.1. The van der Waals surface area contributed by atoms with Crippen LogP contribution in [0, 0.1) is 11.8 Å². The minimum atomic E-state index is -1.76. The molecule has 1 aliphatic carbocycles. The number of fused-ring (bicyclic) bond motifs is 2. The van der Waals surface area contributed by atoms with Crippen molar-refractivity contribution < 1.29 is 23.9 Å². The van der Waals surface area contributed by atoms with Crippen LogP contribution < -0.4 is 14.8 Å². The molecule has 2 aliphatic rings. The highest BCUT2D eigenvalue weighted by molar-refractivity contribution is 6.35. The summed E-state index contributed by atoms with van der Waals surface area (Å²) in [5.74, 6) is -1.48. The van der Waals surface area contributed by atoms with Gasteiger partial charge in [-0.3, -0.25) is 19.7 Å². The van der Waals surface area contributed by atoms with Crippen LogP contribution in [0.3, 0.4) is 0 Å². The number of nitrogens with one attached hydrogen (secondary N) is 2. The molecule has 3 atom stereocenters. The molecule has 4 aromatic rings. The van der Waals surface area contributed by atoms with Gasteiger partial charge in [-0.15, -0.1) is 0 Å². The predicted octanol–water partition coefficient (Wildman–Crippen LogP) is 5.39. The molecular weight excluding hydrogens is 518 g/mol. The van der Waals surface area contributed by atoms with Crippen molar-refractivity contribution in [2.24, 2.45) is 11.8 Å². The predicted molar refractivity (Wildman–Crippen MR) is 155 cm³/mol. The van der Waals surface area contributed by atoms with Crippen LogP contribution in [-0.4, -0.2) is 52.1 Å². The summed E-state index contributed by atoms with van der Waals surface area (Å²) in [6.45, 7) is 8.75. The van der Waals surface area contributed by atoms with E-state index in [1.165, 1.54) is 0 Å². The van der Waals surface area contributed by atoms with Crippen LogP contribution in [0.4, 0.5) is 0 Å². The lowest BCUT2D eigenvalue weighted by Gasteiger charge is -2.29. The van der Waals surface area contributed by atoms with E-state index in [4.69, 9.17) is 9.47 Å². The van der Waals surface area contributed by atoms with Crippen molar-refractivity contribution in [2.75, 3.05) is 13.2 Å². The van der Waals surface area contributed by atoms with Gasteiger partial charge in [-0.1, -0.05) is 56.3 Å². The summed E-state index contributed by atoms with van der Waals surface area (Å²) in [6.07, 6.45) is 0.